The first-order chi connectivity index (χ1) is 9.69. The molecule has 0 saturated carbocycles. The van der Waals surface area contributed by atoms with E-state index in [9.17, 15) is 5.11 Å². The van der Waals surface area contributed by atoms with Crippen LogP contribution in [0.25, 0.3) is 0 Å². The third-order valence-corrected chi connectivity index (χ3v) is 3.53. The smallest absolute Gasteiger partial charge is 0.119 e. The number of hydrogen-bond acceptors (Lipinski definition) is 5. The second kappa shape index (κ2) is 7.59. The molecule has 2 atom stereocenters. The maximum Gasteiger partial charge on any atom is 0.119 e. The van der Waals surface area contributed by atoms with Crippen LogP contribution in [-0.2, 0) is 11.3 Å². The molecule has 5 nitrogen and oxygen atoms in total. The summed E-state index contributed by atoms with van der Waals surface area (Å²) in [7, 11) is 0. The number of rotatable bonds is 6. The molecule has 112 valence electrons. The number of aliphatic hydroxyl groups excluding tert-OH is 1. The Morgan fingerprint density at radius 1 is 1.55 bits per heavy atom. The largest absolute Gasteiger partial charge is 0.491 e. The minimum Gasteiger partial charge on any atom is -0.491 e. The number of nitrogens with zero attached hydrogens (tertiary/aromatic N) is 1. The third-order valence-electron chi connectivity index (χ3n) is 3.53. The Morgan fingerprint density at radius 2 is 2.40 bits per heavy atom. The quantitative estimate of drug-likeness (QED) is 0.799. The van der Waals surface area contributed by atoms with Crippen molar-refractivity contribution < 1.29 is 14.6 Å². The first kappa shape index (κ1) is 15.3. The van der Waals surface area contributed by atoms with Gasteiger partial charge < -0.3 is 20.3 Å². The van der Waals surface area contributed by atoms with Crippen LogP contribution in [0.2, 0.25) is 0 Å². The van der Waals surface area contributed by atoms with Crippen molar-refractivity contribution >= 4 is 0 Å². The van der Waals surface area contributed by atoms with Crippen molar-refractivity contribution in [3.8, 4) is 5.75 Å². The fourth-order valence-corrected chi connectivity index (χ4v) is 2.31. The number of hydrogen-bond donors (Lipinski definition) is 2. The summed E-state index contributed by atoms with van der Waals surface area (Å²) in [5.41, 5.74) is 6.62. The van der Waals surface area contributed by atoms with Crippen LogP contribution in [0.3, 0.4) is 0 Å². The van der Waals surface area contributed by atoms with Crippen molar-refractivity contribution in [2.45, 2.75) is 25.6 Å². The molecule has 5 heteroatoms. The van der Waals surface area contributed by atoms with Crippen LogP contribution in [-0.4, -0.2) is 55.1 Å². The summed E-state index contributed by atoms with van der Waals surface area (Å²) in [6.45, 7) is 5.82. The van der Waals surface area contributed by atoms with Crippen LogP contribution < -0.4 is 10.5 Å². The van der Waals surface area contributed by atoms with Gasteiger partial charge in [-0.2, -0.15) is 0 Å². The molecular weight excluding hydrogens is 256 g/mol. The SMILES string of the molecule is CC1COCCN1CC(O)COc1cccc(CN)c1. The molecule has 2 rings (SSSR count). The number of aliphatic hydroxyl groups is 1. The normalized spacial score (nSPS) is 21.6. The topological polar surface area (TPSA) is 68.0 Å². The van der Waals surface area contributed by atoms with E-state index in [1.807, 2.05) is 24.3 Å². The molecule has 1 aromatic rings. The Morgan fingerprint density at radius 3 is 3.15 bits per heavy atom. The minimum atomic E-state index is -0.503. The molecular formula is C15H24N2O3. The van der Waals surface area contributed by atoms with Crippen molar-refractivity contribution in [3.05, 3.63) is 29.8 Å². The molecule has 20 heavy (non-hydrogen) atoms. The molecule has 1 fully saturated rings. The highest BCUT2D eigenvalue weighted by Gasteiger charge is 2.21. The van der Waals surface area contributed by atoms with Gasteiger partial charge in [-0.25, -0.2) is 0 Å². The Kier molecular flexibility index (Phi) is 5.79. The van der Waals surface area contributed by atoms with Crippen LogP contribution in [0.15, 0.2) is 24.3 Å². The second-order valence-corrected chi connectivity index (χ2v) is 5.24. The summed E-state index contributed by atoms with van der Waals surface area (Å²) in [6.07, 6.45) is -0.503. The van der Waals surface area contributed by atoms with Gasteiger partial charge in [0.2, 0.25) is 0 Å². The van der Waals surface area contributed by atoms with Gasteiger partial charge in [-0.05, 0) is 24.6 Å². The van der Waals surface area contributed by atoms with Gasteiger partial charge in [-0.15, -0.1) is 0 Å². The number of nitrogens with two attached hydrogens (primary N) is 1. The van der Waals surface area contributed by atoms with Crippen LogP contribution in [0.4, 0.5) is 0 Å². The number of ether oxygens (including phenoxy) is 2. The molecule has 1 aliphatic rings. The molecule has 0 spiro atoms. The third kappa shape index (κ3) is 4.45. The van der Waals surface area contributed by atoms with E-state index in [0.717, 1.165) is 31.1 Å². The second-order valence-electron chi connectivity index (χ2n) is 5.24. The Hall–Kier alpha value is -1.14. The molecule has 1 heterocycles. The molecule has 0 aliphatic carbocycles. The molecule has 0 amide bonds. The molecule has 1 saturated heterocycles. The summed E-state index contributed by atoms with van der Waals surface area (Å²) in [4.78, 5) is 2.23. The zero-order valence-electron chi connectivity index (χ0n) is 12.0. The van der Waals surface area contributed by atoms with Gasteiger partial charge in [0.25, 0.3) is 0 Å². The zero-order valence-corrected chi connectivity index (χ0v) is 12.0. The van der Waals surface area contributed by atoms with E-state index in [-0.39, 0.29) is 6.61 Å². The highest BCUT2D eigenvalue weighted by Crippen LogP contribution is 2.13. The van der Waals surface area contributed by atoms with E-state index in [1.165, 1.54) is 0 Å². The maximum atomic E-state index is 10.1. The van der Waals surface area contributed by atoms with E-state index in [1.54, 1.807) is 0 Å². The number of β-amino-alcohol motifs (C(OH)–C–C–N with tert-alkyl or cyclic N) is 1. The lowest BCUT2D eigenvalue weighted by molar-refractivity contribution is -0.0265. The lowest BCUT2D eigenvalue weighted by Gasteiger charge is -2.34. The van der Waals surface area contributed by atoms with E-state index in [4.69, 9.17) is 15.2 Å². The van der Waals surface area contributed by atoms with Gasteiger partial charge in [0.05, 0.1) is 13.2 Å². The summed E-state index contributed by atoms with van der Waals surface area (Å²) < 4.78 is 11.0. The Balaban J connectivity index is 1.77. The average molecular weight is 280 g/mol. The van der Waals surface area contributed by atoms with Crippen molar-refractivity contribution in [3.63, 3.8) is 0 Å². The molecule has 1 aliphatic heterocycles. The van der Waals surface area contributed by atoms with E-state index < -0.39 is 6.10 Å². The first-order valence-corrected chi connectivity index (χ1v) is 7.10. The van der Waals surface area contributed by atoms with Gasteiger partial charge in [0.15, 0.2) is 0 Å². The van der Waals surface area contributed by atoms with Crippen molar-refractivity contribution in [2.24, 2.45) is 5.73 Å². The molecule has 1 aromatic carbocycles. The highest BCUT2D eigenvalue weighted by molar-refractivity contribution is 5.28. The Bertz CT molecular complexity index is 414. The lowest BCUT2D eigenvalue weighted by atomic mass is 10.2. The number of morpholine rings is 1. The summed E-state index contributed by atoms with van der Waals surface area (Å²) >= 11 is 0. The number of benzene rings is 1. The molecule has 3 N–H and O–H groups in total. The zero-order chi connectivity index (χ0) is 14.4. The van der Waals surface area contributed by atoms with Crippen LogP contribution in [0.5, 0.6) is 5.75 Å². The minimum absolute atomic E-state index is 0.290. The molecule has 0 aromatic heterocycles. The van der Waals surface area contributed by atoms with Crippen molar-refractivity contribution in [1.82, 2.24) is 4.90 Å². The van der Waals surface area contributed by atoms with Gasteiger partial charge in [-0.1, -0.05) is 12.1 Å². The monoisotopic (exact) mass is 280 g/mol. The Labute approximate surface area is 120 Å². The van der Waals surface area contributed by atoms with E-state index in [0.29, 0.717) is 19.1 Å². The lowest BCUT2D eigenvalue weighted by Crippen LogP contribution is -2.47. The van der Waals surface area contributed by atoms with Gasteiger partial charge >= 0.3 is 0 Å². The summed E-state index contributed by atoms with van der Waals surface area (Å²) in [6, 6.07) is 8.00. The molecule has 2 unspecified atom stereocenters. The van der Waals surface area contributed by atoms with E-state index >= 15 is 0 Å². The van der Waals surface area contributed by atoms with Crippen LogP contribution >= 0.6 is 0 Å². The summed E-state index contributed by atoms with van der Waals surface area (Å²) in [5, 5.41) is 10.1. The van der Waals surface area contributed by atoms with Crippen LogP contribution in [0, 0.1) is 0 Å². The van der Waals surface area contributed by atoms with Crippen molar-refractivity contribution in [2.75, 3.05) is 32.9 Å². The van der Waals surface area contributed by atoms with Gasteiger partial charge in [0.1, 0.15) is 18.5 Å². The summed E-state index contributed by atoms with van der Waals surface area (Å²) in [5.74, 6) is 0.752. The first-order valence-electron chi connectivity index (χ1n) is 7.10. The fraction of sp³-hybridized carbons (Fsp3) is 0.600. The standard InChI is InChI=1S/C15H24N2O3/c1-12-10-19-6-5-17(12)9-14(18)11-20-15-4-2-3-13(7-15)8-16/h2-4,7,12,14,18H,5-6,8-11,16H2,1H3. The predicted molar refractivity (Wildman–Crippen MR) is 77.7 cm³/mol. The van der Waals surface area contributed by atoms with Crippen molar-refractivity contribution in [1.29, 1.82) is 0 Å². The predicted octanol–water partition coefficient (Wildman–Crippen LogP) is 0.606. The fourth-order valence-electron chi connectivity index (χ4n) is 2.31. The molecule has 0 radical (unpaired) electrons. The van der Waals surface area contributed by atoms with Gasteiger partial charge in [0, 0.05) is 25.7 Å². The van der Waals surface area contributed by atoms with E-state index in [2.05, 4.69) is 11.8 Å². The molecule has 0 bridgehead atoms. The average Bonchev–Trinajstić information content (AvgIpc) is 2.48. The van der Waals surface area contributed by atoms with Gasteiger partial charge in [-0.3, -0.25) is 4.90 Å². The highest BCUT2D eigenvalue weighted by atomic mass is 16.5. The van der Waals surface area contributed by atoms with Crippen LogP contribution in [0.1, 0.15) is 12.5 Å². The maximum absolute atomic E-state index is 10.1.